The van der Waals surface area contributed by atoms with E-state index < -0.39 is 0 Å². The Morgan fingerprint density at radius 2 is 1.80 bits per heavy atom. The van der Waals surface area contributed by atoms with E-state index >= 15 is 0 Å². The summed E-state index contributed by atoms with van der Waals surface area (Å²) in [5, 5.41) is 0. The molecule has 0 bridgehead atoms. The number of halogens is 1. The van der Waals surface area contributed by atoms with Gasteiger partial charge in [-0.1, -0.05) is 25.1 Å². The van der Waals surface area contributed by atoms with Crippen molar-refractivity contribution in [1.29, 1.82) is 0 Å². The lowest BCUT2D eigenvalue weighted by molar-refractivity contribution is 0.594. The fourth-order valence-electron chi connectivity index (χ4n) is 2.36. The van der Waals surface area contributed by atoms with Crippen molar-refractivity contribution in [2.24, 2.45) is 5.73 Å². The summed E-state index contributed by atoms with van der Waals surface area (Å²) in [5.74, 6) is -0.255. The van der Waals surface area contributed by atoms with Crippen LogP contribution in [0.25, 0.3) is 0 Å². The van der Waals surface area contributed by atoms with E-state index in [0.717, 1.165) is 17.8 Å². The molecule has 2 N–H and O–H groups in total. The molecule has 1 atom stereocenters. The Morgan fingerprint density at radius 1 is 1.15 bits per heavy atom. The van der Waals surface area contributed by atoms with Crippen LogP contribution in [0.15, 0.2) is 42.5 Å². The molecule has 2 nitrogen and oxygen atoms in total. The van der Waals surface area contributed by atoms with Crippen molar-refractivity contribution in [2.75, 3.05) is 11.9 Å². The Kier molecular flexibility index (Phi) is 4.40. The molecule has 0 aliphatic rings. The molecule has 20 heavy (non-hydrogen) atoms. The summed E-state index contributed by atoms with van der Waals surface area (Å²) in [4.78, 5) is 1.97. The molecule has 0 aliphatic carbocycles. The molecular weight excluding hydrogens is 251 g/mol. The Balaban J connectivity index is 2.42. The van der Waals surface area contributed by atoms with Crippen molar-refractivity contribution in [3.8, 4) is 0 Å². The Morgan fingerprint density at radius 3 is 2.35 bits per heavy atom. The zero-order valence-electron chi connectivity index (χ0n) is 12.2. The normalized spacial score (nSPS) is 12.2. The van der Waals surface area contributed by atoms with Crippen LogP contribution in [0.5, 0.6) is 0 Å². The van der Waals surface area contributed by atoms with E-state index in [9.17, 15) is 4.39 Å². The van der Waals surface area contributed by atoms with Gasteiger partial charge in [0.25, 0.3) is 0 Å². The van der Waals surface area contributed by atoms with E-state index in [2.05, 4.69) is 31.2 Å². The van der Waals surface area contributed by atoms with E-state index in [1.165, 1.54) is 11.6 Å². The molecule has 0 saturated carbocycles. The highest BCUT2D eigenvalue weighted by Gasteiger charge is 2.16. The quantitative estimate of drug-likeness (QED) is 0.905. The fraction of sp³-hybridized carbons (Fsp3) is 0.294. The molecule has 0 saturated heterocycles. The van der Waals surface area contributed by atoms with Crippen LogP contribution in [0.1, 0.15) is 31.0 Å². The molecule has 0 unspecified atom stereocenters. The van der Waals surface area contributed by atoms with Gasteiger partial charge >= 0.3 is 0 Å². The predicted octanol–water partition coefficient (Wildman–Crippen LogP) is 4.18. The third kappa shape index (κ3) is 2.83. The molecule has 0 heterocycles. The minimum Gasteiger partial charge on any atom is -0.344 e. The van der Waals surface area contributed by atoms with Gasteiger partial charge in [-0.2, -0.15) is 0 Å². The molecule has 106 valence electrons. The topological polar surface area (TPSA) is 29.3 Å². The second kappa shape index (κ2) is 6.06. The van der Waals surface area contributed by atoms with E-state index in [1.807, 2.05) is 18.0 Å². The molecule has 0 aromatic heterocycles. The van der Waals surface area contributed by atoms with Gasteiger partial charge < -0.3 is 10.6 Å². The number of rotatable bonds is 4. The van der Waals surface area contributed by atoms with Crippen LogP contribution < -0.4 is 10.6 Å². The van der Waals surface area contributed by atoms with Gasteiger partial charge in [-0.3, -0.25) is 0 Å². The molecule has 2 aromatic carbocycles. The lowest BCUT2D eigenvalue weighted by Gasteiger charge is -2.24. The van der Waals surface area contributed by atoms with Crippen LogP contribution in [0.4, 0.5) is 15.8 Å². The minimum atomic E-state index is -0.344. The summed E-state index contributed by atoms with van der Waals surface area (Å²) in [6.45, 7) is 3.93. The highest BCUT2D eigenvalue weighted by atomic mass is 19.1. The number of anilines is 2. The second-order valence-corrected chi connectivity index (χ2v) is 5.04. The van der Waals surface area contributed by atoms with Gasteiger partial charge in [-0.15, -0.1) is 0 Å². The molecule has 3 heteroatoms. The lowest BCUT2D eigenvalue weighted by Crippen LogP contribution is -2.17. The Labute approximate surface area is 120 Å². The fourth-order valence-corrected chi connectivity index (χ4v) is 2.36. The minimum absolute atomic E-state index is 0.255. The van der Waals surface area contributed by atoms with Crippen molar-refractivity contribution < 1.29 is 4.39 Å². The summed E-state index contributed by atoms with van der Waals surface area (Å²) in [5.41, 5.74) is 9.58. The van der Waals surface area contributed by atoms with Crippen LogP contribution >= 0.6 is 0 Å². The molecule has 2 rings (SSSR count). The summed E-state index contributed by atoms with van der Waals surface area (Å²) >= 11 is 0. The monoisotopic (exact) mass is 272 g/mol. The van der Waals surface area contributed by atoms with Gasteiger partial charge in [-0.05, 0) is 43.2 Å². The average Bonchev–Trinajstić information content (AvgIpc) is 2.46. The molecular formula is C17H21FN2. The van der Waals surface area contributed by atoms with Crippen LogP contribution in [-0.2, 0) is 6.42 Å². The van der Waals surface area contributed by atoms with E-state index in [4.69, 9.17) is 5.73 Å². The Hall–Kier alpha value is -1.87. The molecule has 0 radical (unpaired) electrons. The first-order valence-electron chi connectivity index (χ1n) is 6.91. The third-order valence-electron chi connectivity index (χ3n) is 3.58. The maximum atomic E-state index is 14.0. The average molecular weight is 272 g/mol. The largest absolute Gasteiger partial charge is 0.344 e. The van der Waals surface area contributed by atoms with Gasteiger partial charge in [0.2, 0.25) is 0 Å². The number of nitrogens with zero attached hydrogens (tertiary/aromatic N) is 1. The predicted molar refractivity (Wildman–Crippen MR) is 82.9 cm³/mol. The summed E-state index contributed by atoms with van der Waals surface area (Å²) in [6.07, 6.45) is 1.01. The van der Waals surface area contributed by atoms with Crippen molar-refractivity contribution >= 4 is 11.4 Å². The summed E-state index contributed by atoms with van der Waals surface area (Å²) in [7, 11) is 1.93. The van der Waals surface area contributed by atoms with Crippen LogP contribution in [0, 0.1) is 5.82 Å². The van der Waals surface area contributed by atoms with Crippen LogP contribution in [0.3, 0.4) is 0 Å². The maximum absolute atomic E-state index is 14.0. The lowest BCUT2D eigenvalue weighted by atomic mass is 10.0. The van der Waals surface area contributed by atoms with Gasteiger partial charge in [0.1, 0.15) is 5.82 Å². The van der Waals surface area contributed by atoms with Crippen LogP contribution in [-0.4, -0.2) is 7.05 Å². The van der Waals surface area contributed by atoms with E-state index in [0.29, 0.717) is 5.56 Å². The van der Waals surface area contributed by atoms with Crippen molar-refractivity contribution in [3.63, 3.8) is 0 Å². The second-order valence-electron chi connectivity index (χ2n) is 5.04. The van der Waals surface area contributed by atoms with Crippen molar-refractivity contribution in [3.05, 3.63) is 59.4 Å². The van der Waals surface area contributed by atoms with Crippen molar-refractivity contribution in [1.82, 2.24) is 0 Å². The summed E-state index contributed by atoms with van der Waals surface area (Å²) < 4.78 is 14.0. The maximum Gasteiger partial charge on any atom is 0.130 e. The third-order valence-corrected chi connectivity index (χ3v) is 3.58. The SMILES string of the molecule is CCc1ccc(N(C)c2cccc(F)c2[C@H](C)N)cc1. The molecule has 0 aliphatic heterocycles. The number of benzene rings is 2. The van der Waals surface area contributed by atoms with Gasteiger partial charge in [0.15, 0.2) is 0 Å². The first-order chi connectivity index (χ1) is 9.54. The summed E-state index contributed by atoms with van der Waals surface area (Å²) in [6, 6.07) is 13.0. The highest BCUT2D eigenvalue weighted by Crippen LogP contribution is 2.31. The van der Waals surface area contributed by atoms with E-state index in [-0.39, 0.29) is 11.9 Å². The van der Waals surface area contributed by atoms with Crippen molar-refractivity contribution in [2.45, 2.75) is 26.3 Å². The van der Waals surface area contributed by atoms with Gasteiger partial charge in [0.05, 0.1) is 0 Å². The number of hydrogen-bond acceptors (Lipinski definition) is 2. The number of nitrogens with two attached hydrogens (primary N) is 1. The zero-order valence-corrected chi connectivity index (χ0v) is 12.2. The van der Waals surface area contributed by atoms with Gasteiger partial charge in [0, 0.05) is 30.0 Å². The number of aryl methyl sites for hydroxylation is 1. The number of hydrogen-bond donors (Lipinski definition) is 1. The highest BCUT2D eigenvalue weighted by molar-refractivity contribution is 5.66. The molecule has 0 fully saturated rings. The molecule has 0 spiro atoms. The van der Waals surface area contributed by atoms with Crippen LogP contribution in [0.2, 0.25) is 0 Å². The Bertz CT molecular complexity index is 576. The first kappa shape index (κ1) is 14.5. The van der Waals surface area contributed by atoms with E-state index in [1.54, 1.807) is 13.0 Å². The smallest absolute Gasteiger partial charge is 0.130 e. The standard InChI is InChI=1S/C17H21FN2/c1-4-13-8-10-14(11-9-13)20(3)16-7-5-6-15(18)17(16)12(2)19/h5-12H,4,19H2,1-3H3/t12-/m0/s1. The first-order valence-corrected chi connectivity index (χ1v) is 6.91. The zero-order chi connectivity index (χ0) is 14.7. The molecule has 0 amide bonds. The van der Waals surface area contributed by atoms with Gasteiger partial charge in [-0.25, -0.2) is 4.39 Å². The molecule has 2 aromatic rings.